The first kappa shape index (κ1) is 15.4. The Morgan fingerprint density at radius 2 is 2.00 bits per heavy atom. The van der Waals surface area contributed by atoms with Gasteiger partial charge in [-0.05, 0) is 30.7 Å². The van der Waals surface area contributed by atoms with E-state index in [2.05, 4.69) is 34.7 Å². The molecule has 0 aliphatic heterocycles. The minimum absolute atomic E-state index is 0.0741. The standard InChI is InChI=1S/C14H18F2N4O/c1-9(2)6-17-8-13-19-20-14(21-13)18-7-10-5-11(15)3-4-12(10)16/h3-5,9,17H,6-8H2,1-2H3,(H,18,20). The lowest BCUT2D eigenvalue weighted by Gasteiger charge is -2.04. The zero-order valence-corrected chi connectivity index (χ0v) is 12.0. The molecule has 0 aliphatic rings. The van der Waals surface area contributed by atoms with Crippen LogP contribution in [-0.2, 0) is 13.1 Å². The molecule has 0 saturated heterocycles. The molecule has 0 aliphatic carbocycles. The summed E-state index contributed by atoms with van der Waals surface area (Å²) in [5.41, 5.74) is 0.202. The predicted octanol–water partition coefficient (Wildman–Crippen LogP) is 2.71. The van der Waals surface area contributed by atoms with Crippen molar-refractivity contribution >= 4 is 6.01 Å². The van der Waals surface area contributed by atoms with E-state index < -0.39 is 11.6 Å². The third-order valence-electron chi connectivity index (χ3n) is 2.73. The minimum Gasteiger partial charge on any atom is -0.407 e. The Morgan fingerprint density at radius 1 is 1.19 bits per heavy atom. The van der Waals surface area contributed by atoms with Crippen molar-refractivity contribution in [2.24, 2.45) is 5.92 Å². The molecule has 0 atom stereocenters. The molecule has 0 amide bonds. The highest BCUT2D eigenvalue weighted by molar-refractivity contribution is 5.25. The van der Waals surface area contributed by atoms with Gasteiger partial charge in [-0.25, -0.2) is 8.78 Å². The number of nitrogens with zero attached hydrogens (tertiary/aromatic N) is 2. The first-order chi connectivity index (χ1) is 10.0. The molecule has 114 valence electrons. The average Bonchev–Trinajstić information content (AvgIpc) is 2.87. The Kier molecular flexibility index (Phi) is 5.21. The van der Waals surface area contributed by atoms with E-state index in [0.717, 1.165) is 24.7 Å². The van der Waals surface area contributed by atoms with Crippen molar-refractivity contribution in [1.29, 1.82) is 0 Å². The lowest BCUT2D eigenvalue weighted by atomic mass is 10.2. The summed E-state index contributed by atoms with van der Waals surface area (Å²) in [7, 11) is 0. The van der Waals surface area contributed by atoms with E-state index in [9.17, 15) is 8.78 Å². The van der Waals surface area contributed by atoms with Crippen molar-refractivity contribution in [1.82, 2.24) is 15.5 Å². The van der Waals surface area contributed by atoms with Gasteiger partial charge in [0.25, 0.3) is 0 Å². The van der Waals surface area contributed by atoms with Crippen LogP contribution in [0.4, 0.5) is 14.8 Å². The molecule has 0 fully saturated rings. The van der Waals surface area contributed by atoms with E-state index in [1.807, 2.05) is 0 Å². The molecule has 2 N–H and O–H groups in total. The Bertz CT molecular complexity index is 586. The van der Waals surface area contributed by atoms with Crippen LogP contribution in [0.2, 0.25) is 0 Å². The Labute approximate surface area is 121 Å². The van der Waals surface area contributed by atoms with Crippen molar-refractivity contribution in [3.05, 3.63) is 41.3 Å². The van der Waals surface area contributed by atoms with Crippen molar-refractivity contribution in [2.45, 2.75) is 26.9 Å². The predicted molar refractivity (Wildman–Crippen MR) is 74.5 cm³/mol. The summed E-state index contributed by atoms with van der Waals surface area (Å²) in [5, 5.41) is 13.6. The van der Waals surface area contributed by atoms with Crippen LogP contribution in [0.1, 0.15) is 25.3 Å². The minimum atomic E-state index is -0.489. The second kappa shape index (κ2) is 7.12. The quantitative estimate of drug-likeness (QED) is 0.822. The fourth-order valence-corrected chi connectivity index (χ4v) is 1.71. The third-order valence-corrected chi connectivity index (χ3v) is 2.73. The Morgan fingerprint density at radius 3 is 2.76 bits per heavy atom. The summed E-state index contributed by atoms with van der Waals surface area (Å²) in [6.07, 6.45) is 0. The second-order valence-corrected chi connectivity index (χ2v) is 5.11. The van der Waals surface area contributed by atoms with E-state index in [1.54, 1.807) is 0 Å². The Balaban J connectivity index is 1.86. The summed E-state index contributed by atoms with van der Waals surface area (Å²) in [6, 6.07) is 3.47. The molecule has 0 radical (unpaired) electrons. The molecule has 0 bridgehead atoms. The lowest BCUT2D eigenvalue weighted by Crippen LogP contribution is -2.19. The summed E-state index contributed by atoms with van der Waals surface area (Å²) in [5.74, 6) is -0.00104. The van der Waals surface area contributed by atoms with Gasteiger partial charge in [-0.2, -0.15) is 0 Å². The van der Waals surface area contributed by atoms with E-state index >= 15 is 0 Å². The van der Waals surface area contributed by atoms with Crippen LogP contribution < -0.4 is 10.6 Å². The van der Waals surface area contributed by atoms with Gasteiger partial charge in [0.15, 0.2) is 0 Å². The fraction of sp³-hybridized carbons (Fsp3) is 0.429. The Hall–Kier alpha value is -2.02. The monoisotopic (exact) mass is 296 g/mol. The van der Waals surface area contributed by atoms with Crippen LogP contribution in [0.25, 0.3) is 0 Å². The number of benzene rings is 1. The number of hydrogen-bond acceptors (Lipinski definition) is 5. The highest BCUT2D eigenvalue weighted by atomic mass is 19.1. The van der Waals surface area contributed by atoms with Crippen LogP contribution in [-0.4, -0.2) is 16.7 Å². The molecule has 21 heavy (non-hydrogen) atoms. The number of rotatable bonds is 7. The van der Waals surface area contributed by atoms with E-state index in [-0.39, 0.29) is 18.1 Å². The second-order valence-electron chi connectivity index (χ2n) is 5.11. The molecule has 0 spiro atoms. The zero-order chi connectivity index (χ0) is 15.2. The molecular weight excluding hydrogens is 278 g/mol. The van der Waals surface area contributed by atoms with E-state index in [4.69, 9.17) is 4.42 Å². The highest BCUT2D eigenvalue weighted by Crippen LogP contribution is 2.12. The lowest BCUT2D eigenvalue weighted by molar-refractivity contribution is 0.458. The van der Waals surface area contributed by atoms with Crippen LogP contribution in [0.15, 0.2) is 22.6 Å². The maximum atomic E-state index is 13.4. The van der Waals surface area contributed by atoms with Gasteiger partial charge >= 0.3 is 6.01 Å². The normalized spacial score (nSPS) is 11.1. The first-order valence-corrected chi connectivity index (χ1v) is 6.75. The van der Waals surface area contributed by atoms with Crippen LogP contribution in [0.5, 0.6) is 0 Å². The molecule has 1 aromatic heterocycles. The summed E-state index contributed by atoms with van der Waals surface area (Å²) in [4.78, 5) is 0. The van der Waals surface area contributed by atoms with E-state index in [0.29, 0.717) is 18.4 Å². The van der Waals surface area contributed by atoms with Crippen molar-refractivity contribution in [3.8, 4) is 0 Å². The summed E-state index contributed by atoms with van der Waals surface area (Å²) < 4.78 is 31.8. The maximum Gasteiger partial charge on any atom is 0.315 e. The molecule has 1 heterocycles. The van der Waals surface area contributed by atoms with E-state index in [1.165, 1.54) is 0 Å². The maximum absolute atomic E-state index is 13.4. The van der Waals surface area contributed by atoms with Gasteiger partial charge < -0.3 is 15.1 Å². The largest absolute Gasteiger partial charge is 0.407 e. The highest BCUT2D eigenvalue weighted by Gasteiger charge is 2.08. The smallest absolute Gasteiger partial charge is 0.315 e. The van der Waals surface area contributed by atoms with Gasteiger partial charge in [0, 0.05) is 12.1 Å². The number of hydrogen-bond donors (Lipinski definition) is 2. The molecule has 5 nitrogen and oxygen atoms in total. The van der Waals surface area contributed by atoms with Crippen molar-refractivity contribution < 1.29 is 13.2 Å². The molecule has 0 saturated carbocycles. The van der Waals surface area contributed by atoms with Gasteiger partial charge in [-0.3, -0.25) is 0 Å². The molecular formula is C14H18F2N4O. The van der Waals surface area contributed by atoms with Gasteiger partial charge in [-0.15, -0.1) is 5.10 Å². The summed E-state index contributed by atoms with van der Waals surface area (Å²) in [6.45, 7) is 5.59. The van der Waals surface area contributed by atoms with Gasteiger partial charge in [0.2, 0.25) is 5.89 Å². The van der Waals surface area contributed by atoms with Gasteiger partial charge in [0.1, 0.15) is 11.6 Å². The first-order valence-electron chi connectivity index (χ1n) is 6.75. The van der Waals surface area contributed by atoms with Crippen LogP contribution in [0, 0.1) is 17.6 Å². The SMILES string of the molecule is CC(C)CNCc1nnc(NCc2cc(F)ccc2F)o1. The number of aromatic nitrogens is 2. The number of anilines is 1. The molecule has 2 aromatic rings. The molecule has 0 unspecified atom stereocenters. The van der Waals surface area contributed by atoms with Crippen molar-refractivity contribution in [2.75, 3.05) is 11.9 Å². The summed E-state index contributed by atoms with van der Waals surface area (Å²) >= 11 is 0. The average molecular weight is 296 g/mol. The zero-order valence-electron chi connectivity index (χ0n) is 12.0. The van der Waals surface area contributed by atoms with Crippen LogP contribution >= 0.6 is 0 Å². The topological polar surface area (TPSA) is 63.0 Å². The van der Waals surface area contributed by atoms with Crippen LogP contribution in [0.3, 0.4) is 0 Å². The fourth-order valence-electron chi connectivity index (χ4n) is 1.71. The molecule has 2 rings (SSSR count). The van der Waals surface area contributed by atoms with Gasteiger partial charge in [0.05, 0.1) is 6.54 Å². The van der Waals surface area contributed by atoms with Gasteiger partial charge in [-0.1, -0.05) is 18.9 Å². The number of halogens is 2. The number of nitrogens with one attached hydrogen (secondary N) is 2. The third kappa shape index (κ3) is 4.78. The van der Waals surface area contributed by atoms with Crippen molar-refractivity contribution in [3.63, 3.8) is 0 Å². The molecule has 1 aromatic carbocycles. The molecule has 7 heteroatoms.